The van der Waals surface area contributed by atoms with Gasteiger partial charge in [-0.2, -0.15) is 13.2 Å². The Morgan fingerprint density at radius 2 is 2.12 bits per heavy atom. The number of nitrogens with one attached hydrogen (secondary N) is 1. The second kappa shape index (κ2) is 5.35. The zero-order chi connectivity index (χ0) is 13.1. The summed E-state index contributed by atoms with van der Waals surface area (Å²) in [5.41, 5.74) is 0. The van der Waals surface area contributed by atoms with E-state index in [2.05, 4.69) is 0 Å². The average Bonchev–Trinajstić information content (AvgIpc) is 2.67. The fourth-order valence-corrected chi connectivity index (χ4v) is 1.55. The van der Waals surface area contributed by atoms with E-state index in [0.29, 0.717) is 13.0 Å². The molecule has 5 nitrogen and oxygen atoms in total. The maximum atomic E-state index is 12.0. The summed E-state index contributed by atoms with van der Waals surface area (Å²) in [6.07, 6.45) is -4.32. The van der Waals surface area contributed by atoms with Gasteiger partial charge in [0.25, 0.3) is 0 Å². The highest BCUT2D eigenvalue weighted by Gasteiger charge is 2.41. The summed E-state index contributed by atoms with van der Waals surface area (Å²) >= 11 is 0. The first kappa shape index (κ1) is 13.8. The molecule has 2 N–H and O–H groups in total. The Morgan fingerprint density at radius 3 is 2.53 bits per heavy atom. The predicted octanol–water partition coefficient (Wildman–Crippen LogP) is 0.687. The van der Waals surface area contributed by atoms with Crippen LogP contribution in [0.1, 0.15) is 19.3 Å². The van der Waals surface area contributed by atoms with E-state index >= 15 is 0 Å². The Bertz CT molecular complexity index is 299. The van der Waals surface area contributed by atoms with Gasteiger partial charge in [-0.15, -0.1) is 0 Å². The van der Waals surface area contributed by atoms with Crippen molar-refractivity contribution in [2.45, 2.75) is 37.6 Å². The number of carbonyl (C=O) groups excluding carboxylic acids is 1. The molecule has 8 heteroatoms. The van der Waals surface area contributed by atoms with E-state index in [1.165, 1.54) is 5.32 Å². The Balaban J connectivity index is 2.54. The van der Waals surface area contributed by atoms with Crippen molar-refractivity contribution in [3.05, 3.63) is 0 Å². The molecule has 1 rings (SSSR count). The lowest BCUT2D eigenvalue weighted by Gasteiger charge is -2.18. The number of alkyl halides is 3. The zero-order valence-electron chi connectivity index (χ0n) is 8.79. The lowest BCUT2D eigenvalue weighted by atomic mass is 10.1. The molecule has 17 heavy (non-hydrogen) atoms. The summed E-state index contributed by atoms with van der Waals surface area (Å²) < 4.78 is 41.0. The molecular formula is C9H12F3NO4. The topological polar surface area (TPSA) is 75.6 Å². The number of hydrogen-bond acceptors (Lipinski definition) is 3. The van der Waals surface area contributed by atoms with Gasteiger partial charge in [0.15, 0.2) is 0 Å². The van der Waals surface area contributed by atoms with Gasteiger partial charge in [-0.1, -0.05) is 0 Å². The van der Waals surface area contributed by atoms with Crippen molar-refractivity contribution >= 4 is 11.9 Å². The molecule has 2 atom stereocenters. The molecule has 1 saturated heterocycles. The van der Waals surface area contributed by atoms with Crippen LogP contribution in [0.4, 0.5) is 13.2 Å². The zero-order valence-corrected chi connectivity index (χ0v) is 8.79. The highest BCUT2D eigenvalue weighted by molar-refractivity contribution is 5.86. The van der Waals surface area contributed by atoms with Crippen LogP contribution in [-0.2, 0) is 14.3 Å². The Labute approximate surface area is 94.9 Å². The second-order valence-corrected chi connectivity index (χ2v) is 3.73. The van der Waals surface area contributed by atoms with Crippen LogP contribution >= 0.6 is 0 Å². The lowest BCUT2D eigenvalue weighted by molar-refractivity contribution is -0.175. The molecule has 0 spiro atoms. The first-order valence-electron chi connectivity index (χ1n) is 5.03. The van der Waals surface area contributed by atoms with Gasteiger partial charge in [0.2, 0.25) is 0 Å². The molecular weight excluding hydrogens is 243 g/mol. The number of hydrogen-bond donors (Lipinski definition) is 2. The fraction of sp³-hybridized carbons (Fsp3) is 0.778. The largest absolute Gasteiger partial charge is 0.480 e. The monoisotopic (exact) mass is 255 g/mol. The minimum absolute atomic E-state index is 0.156. The SMILES string of the molecule is O=C(O)[C@@H](C[C@H]1CCCO1)NC(=O)C(F)(F)F. The highest BCUT2D eigenvalue weighted by Crippen LogP contribution is 2.19. The van der Waals surface area contributed by atoms with Crippen molar-refractivity contribution < 1.29 is 32.6 Å². The normalized spacial score (nSPS) is 22.2. The van der Waals surface area contributed by atoms with Gasteiger partial charge < -0.3 is 15.2 Å². The summed E-state index contributed by atoms with van der Waals surface area (Å²) in [5, 5.41) is 10.2. The Kier molecular flexibility index (Phi) is 4.33. The molecule has 1 amide bonds. The maximum Gasteiger partial charge on any atom is 0.471 e. The van der Waals surface area contributed by atoms with Gasteiger partial charge in [0.1, 0.15) is 6.04 Å². The summed E-state index contributed by atoms with van der Waals surface area (Å²) in [6, 6.07) is -1.58. The number of carboxylic acids is 1. The predicted molar refractivity (Wildman–Crippen MR) is 49.2 cm³/mol. The number of aliphatic carboxylic acids is 1. The average molecular weight is 255 g/mol. The van der Waals surface area contributed by atoms with Crippen LogP contribution in [0.15, 0.2) is 0 Å². The summed E-state index contributed by atoms with van der Waals surface area (Å²) in [4.78, 5) is 21.3. The first-order valence-corrected chi connectivity index (χ1v) is 5.03. The molecule has 0 unspecified atom stereocenters. The molecule has 0 aromatic carbocycles. The van der Waals surface area contributed by atoms with Crippen molar-refractivity contribution in [1.29, 1.82) is 0 Å². The van der Waals surface area contributed by atoms with Crippen LogP contribution in [0, 0.1) is 0 Å². The highest BCUT2D eigenvalue weighted by atomic mass is 19.4. The third-order valence-electron chi connectivity index (χ3n) is 2.38. The van der Waals surface area contributed by atoms with E-state index in [1.54, 1.807) is 0 Å². The van der Waals surface area contributed by atoms with Crippen molar-refractivity contribution in [1.82, 2.24) is 5.32 Å². The Hall–Kier alpha value is -1.31. The Morgan fingerprint density at radius 1 is 1.47 bits per heavy atom. The summed E-state index contributed by atoms with van der Waals surface area (Å²) in [7, 11) is 0. The number of amides is 1. The van der Waals surface area contributed by atoms with E-state index in [-0.39, 0.29) is 6.42 Å². The van der Waals surface area contributed by atoms with E-state index in [1.807, 2.05) is 0 Å². The number of carbonyl (C=O) groups is 2. The van der Waals surface area contributed by atoms with Crippen molar-refractivity contribution in [3.8, 4) is 0 Å². The molecule has 0 aliphatic carbocycles. The fourth-order valence-electron chi connectivity index (χ4n) is 1.55. The summed E-state index contributed by atoms with van der Waals surface area (Å²) in [5.74, 6) is -3.75. The van der Waals surface area contributed by atoms with Gasteiger partial charge in [-0.3, -0.25) is 4.79 Å². The third-order valence-corrected chi connectivity index (χ3v) is 2.38. The summed E-state index contributed by atoms with van der Waals surface area (Å²) in [6.45, 7) is 0.463. The van der Waals surface area contributed by atoms with Crippen LogP contribution in [0.5, 0.6) is 0 Å². The van der Waals surface area contributed by atoms with Crippen LogP contribution < -0.4 is 5.32 Å². The second-order valence-electron chi connectivity index (χ2n) is 3.73. The van der Waals surface area contributed by atoms with Crippen molar-refractivity contribution in [3.63, 3.8) is 0 Å². The minimum atomic E-state index is -5.08. The molecule has 0 bridgehead atoms. The van der Waals surface area contributed by atoms with Crippen LogP contribution in [0.2, 0.25) is 0 Å². The van der Waals surface area contributed by atoms with E-state index in [9.17, 15) is 22.8 Å². The molecule has 1 fully saturated rings. The smallest absolute Gasteiger partial charge is 0.471 e. The molecule has 0 radical (unpaired) electrons. The molecule has 0 saturated carbocycles. The van der Waals surface area contributed by atoms with Gasteiger partial charge in [0.05, 0.1) is 6.10 Å². The van der Waals surface area contributed by atoms with Crippen LogP contribution in [0.25, 0.3) is 0 Å². The lowest BCUT2D eigenvalue weighted by Crippen LogP contribution is -2.48. The molecule has 98 valence electrons. The number of halogens is 3. The number of ether oxygens (including phenoxy) is 1. The van der Waals surface area contributed by atoms with Gasteiger partial charge >= 0.3 is 18.1 Å². The molecule has 1 aliphatic heterocycles. The molecule has 1 heterocycles. The van der Waals surface area contributed by atoms with Gasteiger partial charge in [-0.25, -0.2) is 4.79 Å². The first-order chi connectivity index (χ1) is 7.80. The standard InChI is InChI=1S/C9H12F3NO4/c10-9(11,12)8(16)13-6(7(14)15)4-5-2-1-3-17-5/h5-6H,1-4H2,(H,13,16)(H,14,15)/t5-,6-/m1/s1. The number of rotatable bonds is 4. The van der Waals surface area contributed by atoms with E-state index in [4.69, 9.17) is 9.84 Å². The van der Waals surface area contributed by atoms with Gasteiger partial charge in [-0.05, 0) is 12.8 Å². The maximum absolute atomic E-state index is 12.0. The van der Waals surface area contributed by atoms with Gasteiger partial charge in [0, 0.05) is 13.0 Å². The van der Waals surface area contributed by atoms with E-state index < -0.39 is 30.2 Å². The quantitative estimate of drug-likeness (QED) is 0.774. The van der Waals surface area contributed by atoms with Crippen molar-refractivity contribution in [2.24, 2.45) is 0 Å². The molecule has 0 aromatic heterocycles. The van der Waals surface area contributed by atoms with Crippen molar-refractivity contribution in [2.75, 3.05) is 6.61 Å². The van der Waals surface area contributed by atoms with E-state index in [0.717, 1.165) is 6.42 Å². The molecule has 0 aromatic rings. The molecule has 1 aliphatic rings. The van der Waals surface area contributed by atoms with Crippen LogP contribution in [-0.4, -0.2) is 41.9 Å². The number of carboxylic acid groups (broad SMARTS) is 1. The third kappa shape index (κ3) is 4.22. The van der Waals surface area contributed by atoms with Crippen LogP contribution in [0.3, 0.4) is 0 Å². The minimum Gasteiger partial charge on any atom is -0.480 e.